The summed E-state index contributed by atoms with van der Waals surface area (Å²) >= 11 is 0. The van der Waals surface area contributed by atoms with E-state index in [1.807, 2.05) is 19.1 Å². The van der Waals surface area contributed by atoms with Gasteiger partial charge in [0.15, 0.2) is 5.84 Å². The predicted octanol–water partition coefficient (Wildman–Crippen LogP) is 3.56. The Bertz CT molecular complexity index is 648. The van der Waals surface area contributed by atoms with Gasteiger partial charge < -0.3 is 15.8 Å². The molecule has 0 amide bonds. The second-order valence-electron chi connectivity index (χ2n) is 5.09. The van der Waals surface area contributed by atoms with Gasteiger partial charge in [-0.25, -0.2) is 0 Å². The van der Waals surface area contributed by atoms with Gasteiger partial charge >= 0.3 is 0 Å². The smallest absolute Gasteiger partial charge is 0.172 e. The van der Waals surface area contributed by atoms with E-state index in [9.17, 15) is 0 Å². The summed E-state index contributed by atoms with van der Waals surface area (Å²) in [5, 5.41) is 12.1. The molecule has 2 aromatic carbocycles. The van der Waals surface area contributed by atoms with E-state index < -0.39 is 0 Å². The van der Waals surface area contributed by atoms with Gasteiger partial charge in [0.05, 0.1) is 5.69 Å². The van der Waals surface area contributed by atoms with E-state index in [2.05, 4.69) is 54.2 Å². The maximum absolute atomic E-state index is 8.99. The van der Waals surface area contributed by atoms with Gasteiger partial charge in [0.2, 0.25) is 0 Å². The van der Waals surface area contributed by atoms with Crippen LogP contribution in [0.5, 0.6) is 0 Å². The third kappa shape index (κ3) is 3.16. The molecule has 0 bridgehead atoms. The van der Waals surface area contributed by atoms with Gasteiger partial charge in [-0.1, -0.05) is 28.9 Å². The highest BCUT2D eigenvalue weighted by molar-refractivity contribution is 6.03. The van der Waals surface area contributed by atoms with Crippen LogP contribution in [0.25, 0.3) is 0 Å². The van der Waals surface area contributed by atoms with E-state index in [1.54, 1.807) is 0 Å². The molecule has 0 aromatic heterocycles. The molecule has 0 spiro atoms. The molecule has 0 saturated carbocycles. The first kappa shape index (κ1) is 14.9. The van der Waals surface area contributed by atoms with E-state index >= 15 is 0 Å². The Morgan fingerprint density at radius 1 is 1.10 bits per heavy atom. The zero-order valence-corrected chi connectivity index (χ0v) is 12.7. The molecule has 3 N–H and O–H groups in total. The zero-order valence-electron chi connectivity index (χ0n) is 12.7. The van der Waals surface area contributed by atoms with Crippen molar-refractivity contribution in [2.45, 2.75) is 20.8 Å². The molecule has 0 aliphatic carbocycles. The van der Waals surface area contributed by atoms with Crippen LogP contribution in [-0.2, 0) is 0 Å². The fraction of sp³-hybridized carbons (Fsp3) is 0.235. The standard InChI is InChI=1S/C17H21N3O/c1-4-20(14-8-5-12(2)6-9-14)16-11-13(3)7-10-15(16)17(18)19-21/h5-11,21H,4H2,1-3H3,(H2,18,19). The first-order valence-electron chi connectivity index (χ1n) is 6.99. The Balaban J connectivity index is 2.56. The lowest BCUT2D eigenvalue weighted by Gasteiger charge is -2.26. The van der Waals surface area contributed by atoms with Crippen LogP contribution in [-0.4, -0.2) is 17.6 Å². The summed E-state index contributed by atoms with van der Waals surface area (Å²) in [6.45, 7) is 6.97. The first-order valence-corrected chi connectivity index (χ1v) is 6.99. The minimum atomic E-state index is 0.121. The summed E-state index contributed by atoms with van der Waals surface area (Å²) in [5.74, 6) is 0.121. The summed E-state index contributed by atoms with van der Waals surface area (Å²) in [7, 11) is 0. The summed E-state index contributed by atoms with van der Waals surface area (Å²) in [4.78, 5) is 2.15. The lowest BCUT2D eigenvalue weighted by atomic mass is 10.1. The molecular formula is C17H21N3O. The molecule has 0 atom stereocenters. The second-order valence-corrected chi connectivity index (χ2v) is 5.09. The molecule has 0 aliphatic heterocycles. The second kappa shape index (κ2) is 6.31. The lowest BCUT2D eigenvalue weighted by Crippen LogP contribution is -2.22. The Morgan fingerprint density at radius 2 is 1.71 bits per heavy atom. The van der Waals surface area contributed by atoms with Crippen LogP contribution in [0.1, 0.15) is 23.6 Å². The number of oxime groups is 1. The van der Waals surface area contributed by atoms with Crippen molar-refractivity contribution in [2.75, 3.05) is 11.4 Å². The van der Waals surface area contributed by atoms with Crippen molar-refractivity contribution >= 4 is 17.2 Å². The van der Waals surface area contributed by atoms with Gasteiger partial charge in [0, 0.05) is 17.8 Å². The van der Waals surface area contributed by atoms with Crippen LogP contribution in [0, 0.1) is 13.8 Å². The predicted molar refractivity (Wildman–Crippen MR) is 87.5 cm³/mol. The summed E-state index contributed by atoms with van der Waals surface area (Å²) in [6, 6.07) is 14.2. The fourth-order valence-electron chi connectivity index (χ4n) is 2.35. The molecule has 2 rings (SSSR count). The van der Waals surface area contributed by atoms with Crippen LogP contribution < -0.4 is 10.6 Å². The number of nitrogens with two attached hydrogens (primary N) is 1. The molecule has 0 saturated heterocycles. The van der Waals surface area contributed by atoms with Gasteiger partial charge in [0.1, 0.15) is 0 Å². The molecule has 4 heteroatoms. The highest BCUT2D eigenvalue weighted by atomic mass is 16.4. The zero-order chi connectivity index (χ0) is 15.4. The molecule has 2 aromatic rings. The maximum atomic E-state index is 8.99. The number of aryl methyl sites for hydroxylation is 2. The number of hydrogen-bond donors (Lipinski definition) is 2. The van der Waals surface area contributed by atoms with Crippen LogP contribution in [0.2, 0.25) is 0 Å². The quantitative estimate of drug-likeness (QED) is 0.390. The van der Waals surface area contributed by atoms with Crippen molar-refractivity contribution in [3.63, 3.8) is 0 Å². The normalized spacial score (nSPS) is 11.5. The summed E-state index contributed by atoms with van der Waals surface area (Å²) < 4.78 is 0. The highest BCUT2D eigenvalue weighted by Gasteiger charge is 2.14. The van der Waals surface area contributed by atoms with Crippen LogP contribution in [0.15, 0.2) is 47.6 Å². The minimum Gasteiger partial charge on any atom is -0.409 e. The number of hydrogen-bond acceptors (Lipinski definition) is 3. The van der Waals surface area contributed by atoms with E-state index in [4.69, 9.17) is 10.9 Å². The van der Waals surface area contributed by atoms with E-state index in [0.29, 0.717) is 0 Å². The molecular weight excluding hydrogens is 262 g/mol. The van der Waals surface area contributed by atoms with Crippen molar-refractivity contribution < 1.29 is 5.21 Å². The molecule has 0 heterocycles. The molecule has 0 fully saturated rings. The van der Waals surface area contributed by atoms with Crippen LogP contribution in [0.4, 0.5) is 11.4 Å². The van der Waals surface area contributed by atoms with Crippen LogP contribution in [0.3, 0.4) is 0 Å². The van der Waals surface area contributed by atoms with Gasteiger partial charge in [-0.05, 0) is 50.6 Å². The van der Waals surface area contributed by atoms with Crippen molar-refractivity contribution in [3.8, 4) is 0 Å². The van der Waals surface area contributed by atoms with Gasteiger partial charge in [-0.2, -0.15) is 0 Å². The van der Waals surface area contributed by atoms with Gasteiger partial charge in [0.25, 0.3) is 0 Å². The molecule has 4 nitrogen and oxygen atoms in total. The lowest BCUT2D eigenvalue weighted by molar-refractivity contribution is 0.318. The number of amidine groups is 1. The number of rotatable bonds is 4. The fourth-order valence-corrected chi connectivity index (χ4v) is 2.35. The third-order valence-electron chi connectivity index (χ3n) is 3.49. The molecule has 0 aliphatic rings. The van der Waals surface area contributed by atoms with E-state index in [0.717, 1.165) is 29.0 Å². The molecule has 110 valence electrons. The Hall–Kier alpha value is -2.49. The number of nitrogens with zero attached hydrogens (tertiary/aromatic N) is 2. The van der Waals surface area contributed by atoms with Crippen molar-refractivity contribution in [3.05, 3.63) is 59.2 Å². The largest absolute Gasteiger partial charge is 0.409 e. The van der Waals surface area contributed by atoms with Crippen molar-refractivity contribution in [2.24, 2.45) is 10.9 Å². The number of benzene rings is 2. The minimum absolute atomic E-state index is 0.121. The van der Waals surface area contributed by atoms with Gasteiger partial charge in [-0.3, -0.25) is 0 Å². The van der Waals surface area contributed by atoms with E-state index in [1.165, 1.54) is 5.56 Å². The molecule has 21 heavy (non-hydrogen) atoms. The Morgan fingerprint density at radius 3 is 2.29 bits per heavy atom. The SMILES string of the molecule is CCN(c1ccc(C)cc1)c1cc(C)ccc1C(N)=NO. The Labute approximate surface area is 125 Å². The Kier molecular flexibility index (Phi) is 4.48. The monoisotopic (exact) mass is 283 g/mol. The molecule has 0 unspecified atom stereocenters. The van der Waals surface area contributed by atoms with Crippen molar-refractivity contribution in [1.29, 1.82) is 0 Å². The topological polar surface area (TPSA) is 61.8 Å². The number of anilines is 2. The average Bonchev–Trinajstić information content (AvgIpc) is 2.49. The third-order valence-corrected chi connectivity index (χ3v) is 3.49. The summed E-state index contributed by atoms with van der Waals surface area (Å²) in [6.07, 6.45) is 0. The maximum Gasteiger partial charge on any atom is 0.172 e. The summed E-state index contributed by atoms with van der Waals surface area (Å²) in [5.41, 5.74) is 10.9. The first-order chi connectivity index (χ1) is 10.1. The average molecular weight is 283 g/mol. The highest BCUT2D eigenvalue weighted by Crippen LogP contribution is 2.29. The van der Waals surface area contributed by atoms with Crippen molar-refractivity contribution in [1.82, 2.24) is 0 Å². The van der Waals surface area contributed by atoms with E-state index in [-0.39, 0.29) is 5.84 Å². The molecule has 0 radical (unpaired) electrons. The van der Waals surface area contributed by atoms with Gasteiger partial charge in [-0.15, -0.1) is 0 Å². The van der Waals surface area contributed by atoms with Crippen LogP contribution >= 0.6 is 0 Å².